The first-order valence-corrected chi connectivity index (χ1v) is 6.86. The van der Waals surface area contributed by atoms with E-state index < -0.39 is 0 Å². The number of amides is 1. The van der Waals surface area contributed by atoms with E-state index in [0.717, 1.165) is 4.90 Å². The molecule has 0 radical (unpaired) electrons. The van der Waals surface area contributed by atoms with Gasteiger partial charge in [-0.3, -0.25) is 4.79 Å². The molecule has 0 aromatic heterocycles. The number of nitrogens with one attached hydrogen (secondary N) is 1. The van der Waals surface area contributed by atoms with Crippen LogP contribution in [-0.4, -0.2) is 17.7 Å². The lowest BCUT2D eigenvalue weighted by atomic mass is 10.2. The van der Waals surface area contributed by atoms with E-state index in [1.807, 2.05) is 24.3 Å². The molecule has 3 nitrogen and oxygen atoms in total. The molecule has 1 amide bonds. The summed E-state index contributed by atoms with van der Waals surface area (Å²) in [5, 5.41) is 11.9. The van der Waals surface area contributed by atoms with Gasteiger partial charge < -0.3 is 5.32 Å². The molecule has 0 saturated carbocycles. The van der Waals surface area contributed by atoms with Gasteiger partial charge >= 0.3 is 0 Å². The minimum Gasteiger partial charge on any atom is -0.351 e. The highest BCUT2D eigenvalue weighted by Crippen LogP contribution is 2.26. The number of nitriles is 1. The summed E-state index contributed by atoms with van der Waals surface area (Å²) in [6.45, 7) is 6.36. The molecule has 1 unspecified atom stereocenters. The van der Waals surface area contributed by atoms with E-state index >= 15 is 0 Å². The molecular formula is C14H18N2OS. The topological polar surface area (TPSA) is 52.9 Å². The van der Waals surface area contributed by atoms with Crippen LogP contribution in [-0.2, 0) is 0 Å². The zero-order valence-electron chi connectivity index (χ0n) is 10.9. The zero-order valence-corrected chi connectivity index (χ0v) is 11.8. The molecule has 1 rings (SSSR count). The maximum absolute atomic E-state index is 12.0. The summed E-state index contributed by atoms with van der Waals surface area (Å²) in [6, 6.07) is 9.65. The molecule has 1 aromatic rings. The maximum atomic E-state index is 12.0. The van der Waals surface area contributed by atoms with Crippen LogP contribution in [0.4, 0.5) is 0 Å². The first kappa shape index (κ1) is 14.6. The highest BCUT2D eigenvalue weighted by atomic mass is 32.2. The Kier molecular flexibility index (Phi) is 5.73. The second-order valence-corrected chi connectivity index (χ2v) is 6.02. The fourth-order valence-electron chi connectivity index (χ4n) is 1.40. The van der Waals surface area contributed by atoms with Crippen molar-refractivity contribution in [2.75, 3.05) is 6.54 Å². The second-order valence-electron chi connectivity index (χ2n) is 4.40. The monoisotopic (exact) mass is 262 g/mol. The van der Waals surface area contributed by atoms with Crippen molar-refractivity contribution >= 4 is 17.7 Å². The van der Waals surface area contributed by atoms with E-state index in [0.29, 0.717) is 17.4 Å². The van der Waals surface area contributed by atoms with Gasteiger partial charge in [0.25, 0.3) is 5.91 Å². The molecule has 1 atom stereocenters. The van der Waals surface area contributed by atoms with Crippen molar-refractivity contribution in [1.29, 1.82) is 5.26 Å². The summed E-state index contributed by atoms with van der Waals surface area (Å²) in [6.07, 6.45) is 0. The normalized spacial score (nSPS) is 11.9. The van der Waals surface area contributed by atoms with E-state index in [-0.39, 0.29) is 11.8 Å². The third-order valence-electron chi connectivity index (χ3n) is 2.28. The summed E-state index contributed by atoms with van der Waals surface area (Å²) < 4.78 is 0. The van der Waals surface area contributed by atoms with Gasteiger partial charge in [0.05, 0.1) is 17.6 Å². The molecule has 18 heavy (non-hydrogen) atoms. The van der Waals surface area contributed by atoms with Crippen LogP contribution in [0.3, 0.4) is 0 Å². The van der Waals surface area contributed by atoms with Crippen LogP contribution >= 0.6 is 11.8 Å². The molecule has 0 aliphatic heterocycles. The van der Waals surface area contributed by atoms with Crippen LogP contribution < -0.4 is 5.32 Å². The summed E-state index contributed by atoms with van der Waals surface area (Å²) in [5.41, 5.74) is 0.682. The maximum Gasteiger partial charge on any atom is 0.252 e. The third-order valence-corrected chi connectivity index (χ3v) is 3.36. The Balaban J connectivity index is 2.76. The number of hydrogen-bond acceptors (Lipinski definition) is 3. The summed E-state index contributed by atoms with van der Waals surface area (Å²) in [5.74, 6) is -0.278. The lowest BCUT2D eigenvalue weighted by Crippen LogP contribution is -2.28. The largest absolute Gasteiger partial charge is 0.351 e. The lowest BCUT2D eigenvalue weighted by Gasteiger charge is -2.11. The van der Waals surface area contributed by atoms with Crippen molar-refractivity contribution < 1.29 is 4.79 Å². The van der Waals surface area contributed by atoms with Crippen molar-refractivity contribution in [3.63, 3.8) is 0 Å². The minimum absolute atomic E-state index is 0.110. The standard InChI is InChI=1S/C14H18N2OS/c1-10(2)18-13-7-5-4-6-12(13)14(17)16-9-11(3)8-15/h4-7,10-11H,9H2,1-3H3,(H,16,17). The summed E-state index contributed by atoms with van der Waals surface area (Å²) in [4.78, 5) is 13.0. The van der Waals surface area contributed by atoms with Crippen LogP contribution in [0, 0.1) is 17.2 Å². The number of thioether (sulfide) groups is 1. The van der Waals surface area contributed by atoms with Gasteiger partial charge in [-0.2, -0.15) is 5.26 Å². The molecule has 0 aliphatic rings. The van der Waals surface area contributed by atoms with Gasteiger partial charge in [-0.05, 0) is 19.1 Å². The van der Waals surface area contributed by atoms with Gasteiger partial charge in [0.1, 0.15) is 0 Å². The number of hydrogen-bond donors (Lipinski definition) is 1. The molecule has 0 bridgehead atoms. The Morgan fingerprint density at radius 1 is 1.39 bits per heavy atom. The van der Waals surface area contributed by atoms with Crippen LogP contribution in [0.1, 0.15) is 31.1 Å². The number of benzene rings is 1. The molecule has 4 heteroatoms. The third kappa shape index (κ3) is 4.42. The van der Waals surface area contributed by atoms with E-state index in [9.17, 15) is 4.79 Å². The van der Waals surface area contributed by atoms with Crippen molar-refractivity contribution in [3.8, 4) is 6.07 Å². The van der Waals surface area contributed by atoms with Gasteiger partial charge in [-0.1, -0.05) is 26.0 Å². The van der Waals surface area contributed by atoms with Crippen molar-refractivity contribution in [2.45, 2.75) is 30.9 Å². The second kappa shape index (κ2) is 7.07. The van der Waals surface area contributed by atoms with Gasteiger partial charge in [0, 0.05) is 16.7 Å². The van der Waals surface area contributed by atoms with Crippen molar-refractivity contribution in [2.24, 2.45) is 5.92 Å². The van der Waals surface area contributed by atoms with E-state index in [2.05, 4.69) is 25.2 Å². The molecule has 0 fully saturated rings. The van der Waals surface area contributed by atoms with E-state index in [1.54, 1.807) is 18.7 Å². The fraction of sp³-hybridized carbons (Fsp3) is 0.429. The number of nitrogens with zero attached hydrogens (tertiary/aromatic N) is 1. The van der Waals surface area contributed by atoms with Gasteiger partial charge in [-0.15, -0.1) is 11.8 Å². The lowest BCUT2D eigenvalue weighted by molar-refractivity contribution is 0.0948. The summed E-state index contributed by atoms with van der Waals surface area (Å²) >= 11 is 1.67. The Bertz CT molecular complexity index is 451. The Morgan fingerprint density at radius 2 is 2.06 bits per heavy atom. The number of rotatable bonds is 5. The van der Waals surface area contributed by atoms with Crippen LogP contribution in [0.5, 0.6) is 0 Å². The highest BCUT2D eigenvalue weighted by Gasteiger charge is 2.12. The molecule has 96 valence electrons. The average Bonchev–Trinajstić information content (AvgIpc) is 2.35. The SMILES string of the molecule is CC(C#N)CNC(=O)c1ccccc1SC(C)C. The number of carbonyl (C=O) groups is 1. The highest BCUT2D eigenvalue weighted by molar-refractivity contribution is 8.00. The van der Waals surface area contributed by atoms with Crippen LogP contribution in [0.2, 0.25) is 0 Å². The minimum atomic E-state index is -0.168. The Labute approximate surface area is 113 Å². The summed E-state index contributed by atoms with van der Waals surface area (Å²) in [7, 11) is 0. The molecule has 0 saturated heterocycles. The fourth-order valence-corrected chi connectivity index (χ4v) is 2.35. The van der Waals surface area contributed by atoms with Crippen molar-refractivity contribution in [3.05, 3.63) is 29.8 Å². The molecule has 0 heterocycles. The van der Waals surface area contributed by atoms with Gasteiger partial charge in [0.2, 0.25) is 0 Å². The van der Waals surface area contributed by atoms with Crippen molar-refractivity contribution in [1.82, 2.24) is 5.32 Å². The average molecular weight is 262 g/mol. The molecular weight excluding hydrogens is 244 g/mol. The van der Waals surface area contributed by atoms with Crippen LogP contribution in [0.25, 0.3) is 0 Å². The smallest absolute Gasteiger partial charge is 0.252 e. The molecule has 1 N–H and O–H groups in total. The molecule has 0 aliphatic carbocycles. The Morgan fingerprint density at radius 3 is 2.67 bits per heavy atom. The van der Waals surface area contributed by atoms with Gasteiger partial charge in [-0.25, -0.2) is 0 Å². The van der Waals surface area contributed by atoms with E-state index in [4.69, 9.17) is 5.26 Å². The number of carbonyl (C=O) groups excluding carboxylic acids is 1. The predicted octanol–water partition coefficient (Wildman–Crippen LogP) is 3.08. The quantitative estimate of drug-likeness (QED) is 0.830. The molecule has 0 spiro atoms. The predicted molar refractivity (Wildman–Crippen MR) is 74.5 cm³/mol. The first-order chi connectivity index (χ1) is 8.54. The van der Waals surface area contributed by atoms with E-state index in [1.165, 1.54) is 0 Å². The molecule has 1 aromatic carbocycles. The Hall–Kier alpha value is -1.47. The zero-order chi connectivity index (χ0) is 13.5. The van der Waals surface area contributed by atoms with Gasteiger partial charge in [0.15, 0.2) is 0 Å². The first-order valence-electron chi connectivity index (χ1n) is 5.98. The van der Waals surface area contributed by atoms with Crippen LogP contribution in [0.15, 0.2) is 29.2 Å².